The number of nitrogens with zero attached hydrogens (tertiary/aromatic N) is 8. The summed E-state index contributed by atoms with van der Waals surface area (Å²) < 4.78 is 30.9. The van der Waals surface area contributed by atoms with E-state index in [1.165, 1.54) is 18.9 Å². The summed E-state index contributed by atoms with van der Waals surface area (Å²) in [4.78, 5) is 14.2. The summed E-state index contributed by atoms with van der Waals surface area (Å²) in [6.45, 7) is 14.2. The van der Waals surface area contributed by atoms with E-state index in [9.17, 15) is 9.65 Å². The van der Waals surface area contributed by atoms with E-state index in [1.54, 1.807) is 12.4 Å². The maximum Gasteiger partial charge on any atom is 0.145 e. The first-order valence-corrected chi connectivity index (χ1v) is 22.0. The first kappa shape index (κ1) is 34.8. The minimum absolute atomic E-state index is 0.0699. The summed E-state index contributed by atoms with van der Waals surface area (Å²) in [5.41, 5.74) is 3.25. The highest BCUT2D eigenvalue weighted by Crippen LogP contribution is 2.46. The van der Waals surface area contributed by atoms with E-state index in [2.05, 4.69) is 58.6 Å². The Labute approximate surface area is 296 Å². The van der Waals surface area contributed by atoms with Crippen LogP contribution >= 0.6 is 0 Å². The van der Waals surface area contributed by atoms with Crippen molar-refractivity contribution in [2.24, 2.45) is 0 Å². The van der Waals surface area contributed by atoms with Gasteiger partial charge in [-0.1, -0.05) is 19.6 Å². The third-order valence-electron chi connectivity index (χ3n) is 11.1. The van der Waals surface area contributed by atoms with Crippen LogP contribution in [0.1, 0.15) is 57.4 Å². The lowest BCUT2D eigenvalue weighted by Crippen LogP contribution is -2.58. The second-order valence-corrected chi connectivity index (χ2v) is 21.6. The first-order valence-electron chi connectivity index (χ1n) is 18.3. The number of likely N-dealkylation sites (tertiary alicyclic amines) is 2. The summed E-state index contributed by atoms with van der Waals surface area (Å²) in [5, 5.41) is 15.6. The van der Waals surface area contributed by atoms with Crippen LogP contribution in [-0.4, -0.2) is 86.6 Å². The number of halogens is 1. The van der Waals surface area contributed by atoms with Crippen LogP contribution in [0.5, 0.6) is 5.75 Å². The van der Waals surface area contributed by atoms with Gasteiger partial charge in [-0.2, -0.15) is 10.4 Å². The third-order valence-corrected chi connectivity index (χ3v) is 12.8. The van der Waals surface area contributed by atoms with Crippen LogP contribution in [0.2, 0.25) is 25.7 Å². The molecule has 5 heterocycles. The Bertz CT molecular complexity index is 1820. The molecule has 0 bridgehead atoms. The van der Waals surface area contributed by atoms with E-state index in [1.807, 2.05) is 33.8 Å². The van der Waals surface area contributed by atoms with Gasteiger partial charge in [0.15, 0.2) is 0 Å². The topological polar surface area (TPSA) is 97.3 Å². The Morgan fingerprint density at radius 1 is 1.08 bits per heavy atom. The average molecular weight is 699 g/mol. The summed E-state index contributed by atoms with van der Waals surface area (Å²) in [7, 11) is -1.15. The number of nitriles is 1. The predicted octanol–water partition coefficient (Wildman–Crippen LogP) is 7.05. The van der Waals surface area contributed by atoms with E-state index in [-0.39, 0.29) is 17.5 Å². The normalized spacial score (nSPS) is 23.7. The fourth-order valence-electron chi connectivity index (χ4n) is 8.01. The van der Waals surface area contributed by atoms with Crippen LogP contribution < -0.4 is 4.74 Å². The lowest BCUT2D eigenvalue weighted by molar-refractivity contribution is -0.0207. The molecule has 1 atom stereocenters. The molecule has 0 radical (unpaired) electrons. The molecule has 0 amide bonds. The number of fused-ring (bicyclic) bond motifs is 1. The molecule has 4 aromatic rings. The van der Waals surface area contributed by atoms with Gasteiger partial charge in [-0.25, -0.2) is 14.4 Å². The molecule has 0 spiro atoms. The van der Waals surface area contributed by atoms with Crippen LogP contribution in [0, 0.1) is 17.1 Å². The largest absolute Gasteiger partial charge is 0.490 e. The lowest BCUT2D eigenvalue weighted by Gasteiger charge is -2.52. The van der Waals surface area contributed by atoms with Crippen LogP contribution in [-0.2, 0) is 23.6 Å². The number of piperidine rings is 1. The van der Waals surface area contributed by atoms with Crippen molar-refractivity contribution in [1.29, 1.82) is 5.26 Å². The molecule has 1 aliphatic carbocycles. The maximum atomic E-state index is 14.6. The second-order valence-electron chi connectivity index (χ2n) is 16.0. The van der Waals surface area contributed by atoms with Crippen molar-refractivity contribution in [3.8, 4) is 23.1 Å². The van der Waals surface area contributed by atoms with Crippen molar-refractivity contribution in [2.75, 3.05) is 26.2 Å². The third kappa shape index (κ3) is 7.66. The zero-order chi connectivity index (χ0) is 34.9. The van der Waals surface area contributed by atoms with Crippen LogP contribution in [0.15, 0.2) is 49.2 Å². The Kier molecular flexibility index (Phi) is 10.1. The standard InChI is InChI=1S/C38H51FN8O2Si/c1-28-6-5-12-45(28)24-29-18-31(39)20-34(19-29)49-33-7-13-44(14-8-33)32-21-38(22-32,10-11-40)47-25-30(23-43-47)36-35-9-15-46(37(35)42-26-41-36)27-48-16-17-50(2,3)4/h9,15,18-20,23,25-26,28,32-33H,5-8,10,12-14,16-17,21-22,24,27H2,1-4H3/t28-,32-,38+/m0/s1. The molecule has 7 rings (SSSR count). The van der Waals surface area contributed by atoms with Gasteiger partial charge in [0.2, 0.25) is 0 Å². The molecular formula is C38H51FN8O2Si. The molecule has 1 aromatic carbocycles. The zero-order valence-electron chi connectivity index (χ0n) is 30.0. The SMILES string of the molecule is C[C@H]1CCCN1Cc1cc(F)cc(OC2CCN([C@H]3C[C@@](CC#N)(n4cc(-c5ncnc6c5ccn6COCC[Si](C)(C)C)cn4)C3)CC2)c1. The minimum atomic E-state index is -1.15. The summed E-state index contributed by atoms with van der Waals surface area (Å²) in [6, 6.07) is 11.7. The predicted molar refractivity (Wildman–Crippen MR) is 195 cm³/mol. The summed E-state index contributed by atoms with van der Waals surface area (Å²) in [5.74, 6) is 0.409. The number of hydrogen-bond donors (Lipinski definition) is 0. The second kappa shape index (κ2) is 14.5. The molecule has 266 valence electrons. The molecule has 10 nitrogen and oxygen atoms in total. The van der Waals surface area contributed by atoms with Crippen LogP contribution in [0.4, 0.5) is 4.39 Å². The Hall–Kier alpha value is -3.63. The van der Waals surface area contributed by atoms with Gasteiger partial charge in [-0.3, -0.25) is 14.5 Å². The molecule has 2 saturated heterocycles. The van der Waals surface area contributed by atoms with Crippen molar-refractivity contribution in [3.05, 3.63) is 60.6 Å². The molecule has 2 aliphatic heterocycles. The van der Waals surface area contributed by atoms with Gasteiger partial charge in [0.05, 0.1) is 29.9 Å². The van der Waals surface area contributed by atoms with E-state index in [0.717, 1.165) is 92.4 Å². The monoisotopic (exact) mass is 698 g/mol. The molecule has 0 N–H and O–H groups in total. The van der Waals surface area contributed by atoms with Gasteiger partial charge < -0.3 is 14.0 Å². The Morgan fingerprint density at radius 3 is 2.64 bits per heavy atom. The van der Waals surface area contributed by atoms with E-state index in [0.29, 0.717) is 31.0 Å². The molecule has 0 unspecified atom stereocenters. The highest BCUT2D eigenvalue weighted by Gasteiger charge is 2.49. The fourth-order valence-corrected chi connectivity index (χ4v) is 8.77. The fraction of sp³-hybridized carbons (Fsp3) is 0.579. The number of hydrogen-bond acceptors (Lipinski definition) is 8. The van der Waals surface area contributed by atoms with Gasteiger partial charge in [-0.15, -0.1) is 0 Å². The minimum Gasteiger partial charge on any atom is -0.490 e. The molecule has 3 aliphatic rings. The van der Waals surface area contributed by atoms with E-state index < -0.39 is 8.07 Å². The Balaban J connectivity index is 0.952. The van der Waals surface area contributed by atoms with Crippen molar-refractivity contribution < 1.29 is 13.9 Å². The Morgan fingerprint density at radius 2 is 1.90 bits per heavy atom. The molecule has 50 heavy (non-hydrogen) atoms. The van der Waals surface area contributed by atoms with Gasteiger partial charge in [-0.05, 0) is 81.8 Å². The molecule has 12 heteroatoms. The molecule has 1 saturated carbocycles. The lowest BCUT2D eigenvalue weighted by atomic mass is 9.69. The van der Waals surface area contributed by atoms with Crippen LogP contribution in [0.3, 0.4) is 0 Å². The zero-order valence-corrected chi connectivity index (χ0v) is 31.0. The van der Waals surface area contributed by atoms with Gasteiger partial charge in [0, 0.05) is 75.8 Å². The van der Waals surface area contributed by atoms with Crippen molar-refractivity contribution in [1.82, 2.24) is 34.1 Å². The van der Waals surface area contributed by atoms with E-state index in [4.69, 9.17) is 14.6 Å². The average Bonchev–Trinajstić information content (AvgIpc) is 3.81. The van der Waals surface area contributed by atoms with Crippen molar-refractivity contribution >= 4 is 19.1 Å². The van der Waals surface area contributed by atoms with Gasteiger partial charge >= 0.3 is 0 Å². The highest BCUT2D eigenvalue weighted by molar-refractivity contribution is 6.76. The molecule has 3 aromatic heterocycles. The smallest absolute Gasteiger partial charge is 0.145 e. The summed E-state index contributed by atoms with van der Waals surface area (Å²) in [6.07, 6.45) is 14.0. The first-order chi connectivity index (χ1) is 24.1. The molecule has 3 fully saturated rings. The quantitative estimate of drug-likeness (QED) is 0.108. The van der Waals surface area contributed by atoms with Gasteiger partial charge in [0.25, 0.3) is 0 Å². The van der Waals surface area contributed by atoms with Crippen molar-refractivity contribution in [3.63, 3.8) is 0 Å². The number of benzene rings is 1. The number of rotatable bonds is 13. The maximum absolute atomic E-state index is 14.6. The number of ether oxygens (including phenoxy) is 2. The summed E-state index contributed by atoms with van der Waals surface area (Å²) >= 11 is 0. The highest BCUT2D eigenvalue weighted by atomic mass is 28.3. The van der Waals surface area contributed by atoms with E-state index >= 15 is 0 Å². The van der Waals surface area contributed by atoms with Crippen molar-refractivity contribution in [2.45, 2.75) is 115 Å². The van der Waals surface area contributed by atoms with Crippen LogP contribution in [0.25, 0.3) is 22.3 Å². The van der Waals surface area contributed by atoms with Gasteiger partial charge in [0.1, 0.15) is 36.4 Å². The number of aromatic nitrogens is 5. The molecular weight excluding hydrogens is 648 g/mol.